The normalized spacial score (nSPS) is 13.8. The highest BCUT2D eigenvalue weighted by Gasteiger charge is 2.21. The van der Waals surface area contributed by atoms with E-state index in [1.54, 1.807) is 0 Å². The molecule has 0 fully saturated rings. The Kier molecular flexibility index (Phi) is 4.55. The second kappa shape index (κ2) is 5.49. The third-order valence-electron chi connectivity index (χ3n) is 3.14. The lowest BCUT2D eigenvalue weighted by Gasteiger charge is -2.25. The van der Waals surface area contributed by atoms with Gasteiger partial charge in [0.15, 0.2) is 0 Å². The average molecular weight is 220 g/mol. The summed E-state index contributed by atoms with van der Waals surface area (Å²) in [6, 6.07) is 8.71. The lowest BCUT2D eigenvalue weighted by atomic mass is 9.86. The molecule has 0 aromatic heterocycles. The topological polar surface area (TPSA) is 20.2 Å². The van der Waals surface area contributed by atoms with Gasteiger partial charge in [-0.25, -0.2) is 0 Å². The van der Waals surface area contributed by atoms with Gasteiger partial charge in [0.05, 0.1) is 6.10 Å². The largest absolute Gasteiger partial charge is 0.393 e. The van der Waals surface area contributed by atoms with E-state index >= 15 is 0 Å². The Balaban J connectivity index is 2.48. The van der Waals surface area contributed by atoms with Crippen LogP contribution >= 0.6 is 0 Å². The van der Waals surface area contributed by atoms with Crippen LogP contribution in [0.25, 0.3) is 0 Å². The summed E-state index contributed by atoms with van der Waals surface area (Å²) in [4.78, 5) is 0. The Labute approximate surface area is 99.5 Å². The average Bonchev–Trinajstić information content (AvgIpc) is 2.25. The van der Waals surface area contributed by atoms with E-state index in [4.69, 9.17) is 0 Å². The van der Waals surface area contributed by atoms with Crippen LogP contribution in [0.1, 0.15) is 45.2 Å². The summed E-state index contributed by atoms with van der Waals surface area (Å²) < 4.78 is 0. The molecule has 1 atom stereocenters. The van der Waals surface area contributed by atoms with Gasteiger partial charge in [0.25, 0.3) is 0 Å². The Morgan fingerprint density at radius 2 is 1.56 bits per heavy atom. The van der Waals surface area contributed by atoms with Crippen LogP contribution < -0.4 is 0 Å². The number of hydrogen-bond acceptors (Lipinski definition) is 1. The third-order valence-corrected chi connectivity index (χ3v) is 3.14. The lowest BCUT2D eigenvalue weighted by Crippen LogP contribution is -2.26. The van der Waals surface area contributed by atoms with Gasteiger partial charge in [0.1, 0.15) is 0 Å². The first kappa shape index (κ1) is 13.2. The fourth-order valence-electron chi connectivity index (χ4n) is 1.68. The number of aliphatic hydroxyl groups excluding tert-OH is 1. The van der Waals surface area contributed by atoms with E-state index in [0.29, 0.717) is 0 Å². The molecule has 16 heavy (non-hydrogen) atoms. The zero-order valence-electron chi connectivity index (χ0n) is 11.0. The smallest absolute Gasteiger partial charge is 0.0591 e. The van der Waals surface area contributed by atoms with Gasteiger partial charge in [-0.05, 0) is 35.8 Å². The molecule has 0 spiro atoms. The number of aryl methyl sites for hydroxylation is 2. The standard InChI is InChI=1S/C15H24O/c1-5-12-6-8-13(9-7-12)10-11-14(16)15(2,3)4/h6-9,14,16H,5,10-11H2,1-4H3. The van der Waals surface area contributed by atoms with Crippen molar-refractivity contribution in [1.29, 1.82) is 0 Å². The SMILES string of the molecule is CCc1ccc(CCC(O)C(C)(C)C)cc1. The highest BCUT2D eigenvalue weighted by molar-refractivity contribution is 5.22. The monoisotopic (exact) mass is 220 g/mol. The van der Waals surface area contributed by atoms with Gasteiger partial charge in [-0.1, -0.05) is 52.0 Å². The van der Waals surface area contributed by atoms with E-state index in [1.807, 2.05) is 0 Å². The van der Waals surface area contributed by atoms with Crippen molar-refractivity contribution in [3.8, 4) is 0 Å². The quantitative estimate of drug-likeness (QED) is 0.822. The zero-order valence-corrected chi connectivity index (χ0v) is 11.0. The molecule has 1 rings (SSSR count). The van der Waals surface area contributed by atoms with Gasteiger partial charge >= 0.3 is 0 Å². The molecule has 1 aromatic rings. The van der Waals surface area contributed by atoms with Crippen molar-refractivity contribution in [2.24, 2.45) is 5.41 Å². The summed E-state index contributed by atoms with van der Waals surface area (Å²) in [6.45, 7) is 8.41. The molecular formula is C15H24O. The van der Waals surface area contributed by atoms with E-state index in [1.165, 1.54) is 11.1 Å². The van der Waals surface area contributed by atoms with E-state index in [2.05, 4.69) is 52.0 Å². The molecule has 0 aliphatic carbocycles. The van der Waals surface area contributed by atoms with Crippen LogP contribution in [0.4, 0.5) is 0 Å². The fourth-order valence-corrected chi connectivity index (χ4v) is 1.68. The van der Waals surface area contributed by atoms with Crippen molar-refractivity contribution in [2.45, 2.75) is 53.1 Å². The maximum absolute atomic E-state index is 9.95. The summed E-state index contributed by atoms with van der Waals surface area (Å²) in [7, 11) is 0. The van der Waals surface area contributed by atoms with Crippen LogP contribution in [-0.2, 0) is 12.8 Å². The van der Waals surface area contributed by atoms with Crippen molar-refractivity contribution in [1.82, 2.24) is 0 Å². The van der Waals surface area contributed by atoms with Crippen molar-refractivity contribution in [2.75, 3.05) is 0 Å². The molecule has 1 aromatic carbocycles. The van der Waals surface area contributed by atoms with Crippen LogP contribution in [0.15, 0.2) is 24.3 Å². The molecule has 0 amide bonds. The first-order valence-electron chi connectivity index (χ1n) is 6.19. The molecule has 1 unspecified atom stereocenters. The lowest BCUT2D eigenvalue weighted by molar-refractivity contribution is 0.0560. The second-order valence-electron chi connectivity index (χ2n) is 5.59. The summed E-state index contributed by atoms with van der Waals surface area (Å²) in [6.07, 6.45) is 2.67. The number of rotatable bonds is 4. The number of hydrogen-bond donors (Lipinski definition) is 1. The molecule has 0 saturated heterocycles. The number of aliphatic hydroxyl groups is 1. The fraction of sp³-hybridized carbons (Fsp3) is 0.600. The molecule has 1 N–H and O–H groups in total. The van der Waals surface area contributed by atoms with Crippen molar-refractivity contribution in [3.05, 3.63) is 35.4 Å². The molecule has 0 saturated carbocycles. The minimum absolute atomic E-state index is 0.0106. The highest BCUT2D eigenvalue weighted by Crippen LogP contribution is 2.23. The second-order valence-corrected chi connectivity index (χ2v) is 5.59. The van der Waals surface area contributed by atoms with Gasteiger partial charge < -0.3 is 5.11 Å². The van der Waals surface area contributed by atoms with Crippen molar-refractivity contribution < 1.29 is 5.11 Å². The first-order valence-corrected chi connectivity index (χ1v) is 6.19. The van der Waals surface area contributed by atoms with Gasteiger partial charge in [-0.2, -0.15) is 0 Å². The zero-order chi connectivity index (χ0) is 12.2. The molecule has 0 aliphatic rings. The number of benzene rings is 1. The van der Waals surface area contributed by atoms with E-state index in [-0.39, 0.29) is 11.5 Å². The van der Waals surface area contributed by atoms with Crippen LogP contribution in [0.2, 0.25) is 0 Å². The molecule has 90 valence electrons. The molecule has 0 aliphatic heterocycles. The predicted octanol–water partition coefficient (Wildman–Crippen LogP) is 3.59. The minimum atomic E-state index is -0.224. The molecule has 0 bridgehead atoms. The first-order chi connectivity index (χ1) is 7.43. The van der Waals surface area contributed by atoms with Gasteiger partial charge in [-0.3, -0.25) is 0 Å². The van der Waals surface area contributed by atoms with Crippen LogP contribution in [0.3, 0.4) is 0 Å². The van der Waals surface area contributed by atoms with Gasteiger partial charge in [-0.15, -0.1) is 0 Å². The van der Waals surface area contributed by atoms with E-state index in [0.717, 1.165) is 19.3 Å². The minimum Gasteiger partial charge on any atom is -0.393 e. The van der Waals surface area contributed by atoms with Crippen molar-refractivity contribution >= 4 is 0 Å². The summed E-state index contributed by atoms with van der Waals surface area (Å²) in [5.74, 6) is 0. The summed E-state index contributed by atoms with van der Waals surface area (Å²) >= 11 is 0. The predicted molar refractivity (Wildman–Crippen MR) is 69.6 cm³/mol. The Morgan fingerprint density at radius 3 is 2.00 bits per heavy atom. The molecular weight excluding hydrogens is 196 g/mol. The highest BCUT2D eigenvalue weighted by atomic mass is 16.3. The molecule has 0 heterocycles. The maximum Gasteiger partial charge on any atom is 0.0591 e. The Morgan fingerprint density at radius 1 is 1.06 bits per heavy atom. The van der Waals surface area contributed by atoms with Crippen LogP contribution in [-0.4, -0.2) is 11.2 Å². The molecule has 1 nitrogen and oxygen atoms in total. The van der Waals surface area contributed by atoms with E-state index < -0.39 is 0 Å². The maximum atomic E-state index is 9.95. The van der Waals surface area contributed by atoms with Gasteiger partial charge in [0.2, 0.25) is 0 Å². The Bertz CT molecular complexity index is 305. The van der Waals surface area contributed by atoms with Gasteiger partial charge in [0, 0.05) is 0 Å². The Hall–Kier alpha value is -0.820. The van der Waals surface area contributed by atoms with Crippen molar-refractivity contribution in [3.63, 3.8) is 0 Å². The molecule has 1 heteroatoms. The summed E-state index contributed by atoms with van der Waals surface area (Å²) in [5, 5.41) is 9.95. The summed E-state index contributed by atoms with van der Waals surface area (Å²) in [5.41, 5.74) is 2.68. The van der Waals surface area contributed by atoms with Crippen LogP contribution in [0, 0.1) is 5.41 Å². The molecule has 0 radical (unpaired) electrons. The van der Waals surface area contributed by atoms with E-state index in [9.17, 15) is 5.11 Å². The third kappa shape index (κ3) is 3.97. The van der Waals surface area contributed by atoms with Crippen LogP contribution in [0.5, 0.6) is 0 Å².